The molecule has 4 rings (SSSR count). The number of nitrogens with one attached hydrogen (secondary N) is 2. The van der Waals surface area contributed by atoms with Gasteiger partial charge in [0.05, 0.1) is 23.9 Å². The molecule has 1 atom stereocenters. The average molecular weight is 469 g/mol. The second-order valence-corrected chi connectivity index (χ2v) is 7.63. The number of halogens is 3. The number of nitrogens with zero attached hydrogens (tertiary/aromatic N) is 4. The Morgan fingerprint density at radius 3 is 2.59 bits per heavy atom. The van der Waals surface area contributed by atoms with E-state index in [-0.39, 0.29) is 52.8 Å². The van der Waals surface area contributed by atoms with Crippen LogP contribution in [0.4, 0.5) is 35.3 Å². The molecule has 34 heavy (non-hydrogen) atoms. The molecular formula is C23H22F3N7O. The van der Waals surface area contributed by atoms with E-state index < -0.39 is 29.5 Å². The minimum atomic E-state index is -0.754. The number of amides is 2. The molecule has 0 saturated carbocycles. The van der Waals surface area contributed by atoms with Crippen LogP contribution in [0.2, 0.25) is 0 Å². The van der Waals surface area contributed by atoms with Crippen LogP contribution in [0.15, 0.2) is 42.7 Å². The van der Waals surface area contributed by atoms with Crippen molar-refractivity contribution in [2.24, 2.45) is 0 Å². The van der Waals surface area contributed by atoms with E-state index in [9.17, 15) is 13.6 Å². The van der Waals surface area contributed by atoms with Gasteiger partial charge < -0.3 is 16.0 Å². The maximum Gasteiger partial charge on any atom is 0.325 e. The fourth-order valence-electron chi connectivity index (χ4n) is 4.09. The summed E-state index contributed by atoms with van der Waals surface area (Å²) in [7, 11) is 1.59. The van der Waals surface area contributed by atoms with Crippen molar-refractivity contribution in [2.75, 3.05) is 36.1 Å². The second kappa shape index (κ2) is 9.00. The number of aromatic nitrogens is 2. The van der Waals surface area contributed by atoms with E-state index in [0.29, 0.717) is 0 Å². The summed E-state index contributed by atoms with van der Waals surface area (Å²) in [5, 5.41) is 11.3. The van der Waals surface area contributed by atoms with E-state index in [0.717, 1.165) is 18.2 Å². The van der Waals surface area contributed by atoms with Gasteiger partial charge >= 0.3 is 6.03 Å². The SMILES string of the molecule is CCN1C(=O)N(c2ccc(C(=N)c3c(N)ncnc3NC)c(F)c2)CC1c1ccc(F)cc1F. The lowest BCUT2D eigenvalue weighted by Gasteiger charge is -2.22. The number of rotatable bonds is 6. The minimum absolute atomic E-state index is 0.0188. The fraction of sp³-hybridized carbons (Fsp3) is 0.217. The van der Waals surface area contributed by atoms with Crippen LogP contribution in [0.1, 0.15) is 29.7 Å². The Morgan fingerprint density at radius 2 is 1.94 bits per heavy atom. The Bertz CT molecular complexity index is 1280. The van der Waals surface area contributed by atoms with Crippen LogP contribution in [0, 0.1) is 22.9 Å². The highest BCUT2D eigenvalue weighted by atomic mass is 19.1. The first-order valence-corrected chi connectivity index (χ1v) is 10.5. The van der Waals surface area contributed by atoms with Gasteiger partial charge in [0.25, 0.3) is 0 Å². The largest absolute Gasteiger partial charge is 0.383 e. The van der Waals surface area contributed by atoms with E-state index in [1.54, 1.807) is 14.0 Å². The number of anilines is 3. The van der Waals surface area contributed by atoms with Gasteiger partial charge in [0.1, 0.15) is 35.4 Å². The Labute approximate surface area is 193 Å². The van der Waals surface area contributed by atoms with Crippen LogP contribution in [-0.2, 0) is 0 Å². The van der Waals surface area contributed by atoms with Gasteiger partial charge in [-0.1, -0.05) is 6.07 Å². The Kier molecular flexibility index (Phi) is 6.10. The second-order valence-electron chi connectivity index (χ2n) is 7.63. The van der Waals surface area contributed by atoms with Gasteiger partial charge in [-0.05, 0) is 31.2 Å². The molecule has 3 aromatic rings. The molecule has 0 spiro atoms. The van der Waals surface area contributed by atoms with Crippen LogP contribution in [0.25, 0.3) is 0 Å². The highest BCUT2D eigenvalue weighted by Crippen LogP contribution is 2.35. The van der Waals surface area contributed by atoms with Crippen LogP contribution in [-0.4, -0.2) is 46.7 Å². The third kappa shape index (κ3) is 3.89. The zero-order valence-corrected chi connectivity index (χ0v) is 18.4. The van der Waals surface area contributed by atoms with Crippen LogP contribution < -0.4 is 16.0 Å². The highest BCUT2D eigenvalue weighted by Gasteiger charge is 2.39. The quantitative estimate of drug-likeness (QED) is 0.474. The van der Waals surface area contributed by atoms with Gasteiger partial charge in [0.15, 0.2) is 0 Å². The summed E-state index contributed by atoms with van der Waals surface area (Å²) in [6.07, 6.45) is 1.23. The van der Waals surface area contributed by atoms with Crippen molar-refractivity contribution in [3.8, 4) is 0 Å². The lowest BCUT2D eigenvalue weighted by atomic mass is 10.0. The molecule has 2 heterocycles. The molecular weight excluding hydrogens is 447 g/mol. The molecule has 2 amide bonds. The summed E-state index contributed by atoms with van der Waals surface area (Å²) >= 11 is 0. The molecule has 1 saturated heterocycles. The van der Waals surface area contributed by atoms with E-state index in [1.165, 1.54) is 34.3 Å². The molecule has 0 radical (unpaired) electrons. The Morgan fingerprint density at radius 1 is 1.18 bits per heavy atom. The van der Waals surface area contributed by atoms with Crippen molar-refractivity contribution < 1.29 is 18.0 Å². The van der Waals surface area contributed by atoms with Gasteiger partial charge in [0.2, 0.25) is 0 Å². The Balaban J connectivity index is 1.67. The first-order chi connectivity index (χ1) is 16.3. The van der Waals surface area contributed by atoms with Crippen molar-refractivity contribution in [1.29, 1.82) is 5.41 Å². The fourth-order valence-corrected chi connectivity index (χ4v) is 4.09. The van der Waals surface area contributed by atoms with Gasteiger partial charge in [-0.2, -0.15) is 0 Å². The van der Waals surface area contributed by atoms with Gasteiger partial charge in [-0.25, -0.2) is 27.9 Å². The zero-order valence-electron chi connectivity index (χ0n) is 18.4. The number of urea groups is 1. The lowest BCUT2D eigenvalue weighted by molar-refractivity contribution is 0.208. The summed E-state index contributed by atoms with van der Waals surface area (Å²) in [6, 6.07) is 6.13. The first-order valence-electron chi connectivity index (χ1n) is 10.5. The van der Waals surface area contributed by atoms with E-state index >= 15 is 4.39 Å². The number of carbonyl (C=O) groups is 1. The topological polar surface area (TPSA) is 111 Å². The molecule has 1 fully saturated rings. The van der Waals surface area contributed by atoms with Gasteiger partial charge in [0, 0.05) is 36.5 Å². The van der Waals surface area contributed by atoms with Crippen molar-refractivity contribution in [3.63, 3.8) is 0 Å². The van der Waals surface area contributed by atoms with E-state index in [4.69, 9.17) is 11.1 Å². The first kappa shape index (κ1) is 23.0. The summed E-state index contributed by atoms with van der Waals surface area (Å²) in [4.78, 5) is 23.7. The number of likely N-dealkylation sites (N-methyl/N-ethyl adjacent to an activating group) is 1. The molecule has 11 heteroatoms. The highest BCUT2D eigenvalue weighted by molar-refractivity contribution is 6.16. The zero-order chi connectivity index (χ0) is 24.6. The number of nitrogens with two attached hydrogens (primary N) is 1. The molecule has 0 bridgehead atoms. The standard InChI is InChI=1S/C23H22F3N7O/c1-3-32-18(14-6-4-12(24)8-16(14)25)10-33(23(32)34)13-5-7-15(17(26)9-13)20(27)19-21(28)30-11-31-22(19)29-2/h4-9,11,18,27H,3,10H2,1-2H3,(H3,28,29,30,31). The third-order valence-corrected chi connectivity index (χ3v) is 5.77. The van der Waals surface area contributed by atoms with Crippen molar-refractivity contribution >= 4 is 29.1 Å². The molecule has 0 aliphatic carbocycles. The molecule has 1 aromatic heterocycles. The van der Waals surface area contributed by atoms with Crippen LogP contribution >= 0.6 is 0 Å². The minimum Gasteiger partial charge on any atom is -0.383 e. The van der Waals surface area contributed by atoms with Crippen molar-refractivity contribution in [2.45, 2.75) is 13.0 Å². The van der Waals surface area contributed by atoms with Crippen LogP contribution in [0.3, 0.4) is 0 Å². The summed E-state index contributed by atoms with van der Waals surface area (Å²) in [5.41, 5.74) is 6.19. The molecule has 4 N–H and O–H groups in total. The summed E-state index contributed by atoms with van der Waals surface area (Å²) < 4.78 is 42.9. The molecule has 8 nitrogen and oxygen atoms in total. The predicted octanol–water partition coefficient (Wildman–Crippen LogP) is 3.94. The van der Waals surface area contributed by atoms with Crippen molar-refractivity contribution in [1.82, 2.24) is 14.9 Å². The van der Waals surface area contributed by atoms with Crippen molar-refractivity contribution in [3.05, 3.63) is 76.9 Å². The lowest BCUT2D eigenvalue weighted by Crippen LogP contribution is -2.32. The maximum absolute atomic E-state index is 15.1. The summed E-state index contributed by atoms with van der Waals surface area (Å²) in [6.45, 7) is 2.07. The van der Waals surface area contributed by atoms with E-state index in [2.05, 4.69) is 15.3 Å². The number of nitrogen functional groups attached to an aromatic ring is 1. The maximum atomic E-state index is 15.1. The molecule has 1 aliphatic heterocycles. The van der Waals surface area contributed by atoms with Crippen LogP contribution in [0.5, 0.6) is 0 Å². The number of carbonyl (C=O) groups excluding carboxylic acids is 1. The monoisotopic (exact) mass is 469 g/mol. The molecule has 2 aromatic carbocycles. The smallest absolute Gasteiger partial charge is 0.325 e. The molecule has 176 valence electrons. The number of hydrogen-bond acceptors (Lipinski definition) is 6. The molecule has 1 unspecified atom stereocenters. The number of benzene rings is 2. The summed E-state index contributed by atoms with van der Waals surface area (Å²) in [5.74, 6) is -1.92. The Hall–Kier alpha value is -4.15. The number of hydrogen-bond donors (Lipinski definition) is 3. The van der Waals surface area contributed by atoms with Gasteiger partial charge in [-0.15, -0.1) is 0 Å². The third-order valence-electron chi connectivity index (χ3n) is 5.77. The van der Waals surface area contributed by atoms with E-state index in [1.807, 2.05) is 0 Å². The molecule has 1 aliphatic rings. The van der Waals surface area contributed by atoms with Gasteiger partial charge in [-0.3, -0.25) is 10.3 Å². The normalized spacial score (nSPS) is 15.7. The predicted molar refractivity (Wildman–Crippen MR) is 123 cm³/mol. The average Bonchev–Trinajstić information content (AvgIpc) is 3.14.